The van der Waals surface area contributed by atoms with Crippen LogP contribution in [0.25, 0.3) is 0 Å². The molecule has 6 nitrogen and oxygen atoms in total. The van der Waals surface area contributed by atoms with E-state index in [2.05, 4.69) is 10.3 Å². The number of anilines is 1. The van der Waals surface area contributed by atoms with E-state index in [9.17, 15) is 18.8 Å². The molecule has 2 aromatic carbocycles. The Morgan fingerprint density at radius 1 is 1.12 bits per heavy atom. The average molecular weight is 371 g/mol. The molecule has 0 spiro atoms. The van der Waals surface area contributed by atoms with E-state index >= 15 is 0 Å². The molecule has 8 heteroatoms. The Morgan fingerprint density at radius 3 is 2.50 bits per heavy atom. The Bertz CT molecular complexity index is 899. The Kier molecular flexibility index (Phi) is 5.13. The first-order valence-electron chi connectivity index (χ1n) is 7.63. The maximum absolute atomic E-state index is 13.1. The van der Waals surface area contributed by atoms with Gasteiger partial charge in [0.1, 0.15) is 5.82 Å². The lowest BCUT2D eigenvalue weighted by Gasteiger charge is -2.28. The van der Waals surface area contributed by atoms with E-state index in [1.807, 2.05) is 18.4 Å². The zero-order valence-electron chi connectivity index (χ0n) is 13.7. The summed E-state index contributed by atoms with van der Waals surface area (Å²) in [6.07, 6.45) is 3.11. The van der Waals surface area contributed by atoms with Crippen molar-refractivity contribution in [3.05, 3.63) is 54.3 Å². The van der Waals surface area contributed by atoms with E-state index in [-0.39, 0.29) is 5.69 Å². The molecule has 0 radical (unpaired) electrons. The van der Waals surface area contributed by atoms with Crippen molar-refractivity contribution in [1.29, 1.82) is 0 Å². The van der Waals surface area contributed by atoms with Crippen LogP contribution in [0.5, 0.6) is 0 Å². The fourth-order valence-corrected chi connectivity index (χ4v) is 2.99. The molecular weight excluding hydrogens is 357 g/mol. The minimum Gasteiger partial charge on any atom is -0.276 e. The number of para-hydroxylation sites is 1. The first-order chi connectivity index (χ1) is 12.5. The highest BCUT2D eigenvalue weighted by atomic mass is 32.2. The highest BCUT2D eigenvalue weighted by molar-refractivity contribution is 7.98. The zero-order chi connectivity index (χ0) is 18.7. The molecule has 1 aliphatic rings. The van der Waals surface area contributed by atoms with Crippen molar-refractivity contribution in [3.8, 4) is 0 Å². The number of urea groups is 1. The molecule has 2 aromatic rings. The predicted octanol–water partition coefficient (Wildman–Crippen LogP) is 3.15. The molecule has 132 valence electrons. The van der Waals surface area contributed by atoms with Crippen LogP contribution in [0.1, 0.15) is 0 Å². The number of imide groups is 2. The smallest absolute Gasteiger partial charge is 0.276 e. The molecule has 0 bridgehead atoms. The molecule has 0 saturated carbocycles. The van der Waals surface area contributed by atoms with E-state index in [0.29, 0.717) is 5.69 Å². The summed E-state index contributed by atoms with van der Waals surface area (Å²) in [5.74, 6) is -3.24. The van der Waals surface area contributed by atoms with Crippen LogP contribution in [0.3, 0.4) is 0 Å². The van der Waals surface area contributed by atoms with Crippen molar-refractivity contribution < 1.29 is 18.8 Å². The maximum atomic E-state index is 13.1. The van der Waals surface area contributed by atoms with Gasteiger partial charge in [0.15, 0.2) is 5.92 Å². The van der Waals surface area contributed by atoms with Gasteiger partial charge in [-0.15, -0.1) is 11.8 Å². The van der Waals surface area contributed by atoms with Crippen LogP contribution in [0.15, 0.2) is 58.4 Å². The molecule has 3 rings (SSSR count). The van der Waals surface area contributed by atoms with Crippen LogP contribution in [0.4, 0.5) is 20.6 Å². The largest absolute Gasteiger partial charge is 0.335 e. The molecule has 1 aliphatic heterocycles. The van der Waals surface area contributed by atoms with Gasteiger partial charge in [-0.25, -0.2) is 14.1 Å². The number of rotatable bonds is 4. The summed E-state index contributed by atoms with van der Waals surface area (Å²) >= 11 is 1.48. The molecule has 26 heavy (non-hydrogen) atoms. The van der Waals surface area contributed by atoms with Crippen molar-refractivity contribution >= 4 is 47.2 Å². The number of nitrogens with one attached hydrogen (secondary N) is 1. The second-order valence-corrected chi connectivity index (χ2v) is 6.22. The topological polar surface area (TPSA) is 78.8 Å². The van der Waals surface area contributed by atoms with Crippen molar-refractivity contribution in [2.75, 3.05) is 11.2 Å². The quantitative estimate of drug-likeness (QED) is 0.509. The van der Waals surface area contributed by atoms with Gasteiger partial charge >= 0.3 is 6.03 Å². The van der Waals surface area contributed by atoms with Crippen LogP contribution in [-0.4, -0.2) is 30.3 Å². The highest BCUT2D eigenvalue weighted by Crippen LogP contribution is 2.27. The SMILES string of the molecule is CSc1ccccc1N=CC1C(=O)NC(=O)N(c2ccc(F)cc2)C1=O. The lowest BCUT2D eigenvalue weighted by molar-refractivity contribution is -0.131. The minimum absolute atomic E-state index is 0.171. The minimum atomic E-state index is -1.26. The second-order valence-electron chi connectivity index (χ2n) is 5.37. The molecule has 1 atom stereocenters. The fraction of sp³-hybridized carbons (Fsp3) is 0.111. The fourth-order valence-electron chi connectivity index (χ4n) is 2.45. The Morgan fingerprint density at radius 2 is 1.81 bits per heavy atom. The van der Waals surface area contributed by atoms with Crippen LogP contribution in [-0.2, 0) is 9.59 Å². The molecule has 1 saturated heterocycles. The molecule has 1 heterocycles. The number of hydrogen-bond donors (Lipinski definition) is 1. The van der Waals surface area contributed by atoms with Crippen LogP contribution < -0.4 is 10.2 Å². The summed E-state index contributed by atoms with van der Waals surface area (Å²) < 4.78 is 13.1. The number of nitrogens with zero attached hydrogens (tertiary/aromatic N) is 2. The van der Waals surface area contributed by atoms with Gasteiger partial charge in [0.25, 0.3) is 5.91 Å². The van der Waals surface area contributed by atoms with Gasteiger partial charge in [0.05, 0.1) is 11.4 Å². The number of hydrogen-bond acceptors (Lipinski definition) is 5. The Hall–Kier alpha value is -3.00. The number of thioether (sulfide) groups is 1. The zero-order valence-corrected chi connectivity index (χ0v) is 14.5. The van der Waals surface area contributed by atoms with Crippen molar-refractivity contribution in [1.82, 2.24) is 5.32 Å². The third-order valence-corrected chi connectivity index (χ3v) is 4.52. The molecule has 1 N–H and O–H groups in total. The van der Waals surface area contributed by atoms with E-state index in [1.54, 1.807) is 12.1 Å². The number of benzene rings is 2. The third-order valence-electron chi connectivity index (χ3n) is 3.73. The number of halogens is 1. The van der Waals surface area contributed by atoms with Crippen molar-refractivity contribution in [2.24, 2.45) is 10.9 Å². The van der Waals surface area contributed by atoms with Crippen molar-refractivity contribution in [3.63, 3.8) is 0 Å². The standard InChI is InChI=1S/C18H14FN3O3S/c1-26-15-5-3-2-4-14(15)20-10-13-16(23)21-18(25)22(17(13)24)12-8-6-11(19)7-9-12/h2-10,13H,1H3,(H,21,23,25). The summed E-state index contributed by atoms with van der Waals surface area (Å²) in [4.78, 5) is 42.7. The summed E-state index contributed by atoms with van der Waals surface area (Å²) in [6.45, 7) is 0. The lowest BCUT2D eigenvalue weighted by atomic mass is 10.1. The number of aliphatic imine (C=N–C) groups is 1. The Labute approximate surface area is 153 Å². The molecule has 1 fully saturated rings. The van der Waals surface area contributed by atoms with Gasteiger partial charge < -0.3 is 0 Å². The number of amides is 4. The number of carbonyl (C=O) groups excluding carboxylic acids is 3. The van der Waals surface area contributed by atoms with Gasteiger partial charge in [0, 0.05) is 11.1 Å². The highest BCUT2D eigenvalue weighted by Gasteiger charge is 2.40. The summed E-state index contributed by atoms with van der Waals surface area (Å²) in [7, 11) is 0. The van der Waals surface area contributed by atoms with E-state index < -0.39 is 29.6 Å². The number of carbonyl (C=O) groups is 3. The van der Waals surface area contributed by atoms with Gasteiger partial charge in [-0.1, -0.05) is 12.1 Å². The predicted molar refractivity (Wildman–Crippen MR) is 97.3 cm³/mol. The molecular formula is C18H14FN3O3S. The van der Waals surface area contributed by atoms with E-state index in [0.717, 1.165) is 21.9 Å². The molecule has 1 unspecified atom stereocenters. The monoisotopic (exact) mass is 371 g/mol. The average Bonchev–Trinajstić information content (AvgIpc) is 2.63. The summed E-state index contributed by atoms with van der Waals surface area (Å²) in [5, 5.41) is 2.12. The second kappa shape index (κ2) is 7.49. The van der Waals surface area contributed by atoms with Gasteiger partial charge in [0.2, 0.25) is 5.91 Å². The maximum Gasteiger partial charge on any atom is 0.335 e. The first-order valence-corrected chi connectivity index (χ1v) is 8.85. The lowest BCUT2D eigenvalue weighted by Crippen LogP contribution is -2.58. The van der Waals surface area contributed by atoms with Gasteiger partial charge in [-0.05, 0) is 42.7 Å². The first kappa shape index (κ1) is 17.8. The number of barbiturate groups is 1. The summed E-state index contributed by atoms with van der Waals surface area (Å²) in [6, 6.07) is 11.3. The normalized spacial score (nSPS) is 17.7. The van der Waals surface area contributed by atoms with Gasteiger partial charge in [-0.2, -0.15) is 0 Å². The van der Waals surface area contributed by atoms with Crippen molar-refractivity contribution in [2.45, 2.75) is 4.90 Å². The van der Waals surface area contributed by atoms with Crippen LogP contribution in [0.2, 0.25) is 0 Å². The molecule has 0 aromatic heterocycles. The molecule has 4 amide bonds. The van der Waals surface area contributed by atoms with E-state index in [1.165, 1.54) is 30.1 Å². The summed E-state index contributed by atoms with van der Waals surface area (Å²) in [5.41, 5.74) is 0.787. The molecule has 0 aliphatic carbocycles. The van der Waals surface area contributed by atoms with Gasteiger partial charge in [-0.3, -0.25) is 19.9 Å². The van der Waals surface area contributed by atoms with E-state index in [4.69, 9.17) is 0 Å². The van der Waals surface area contributed by atoms with Crippen LogP contribution in [0, 0.1) is 11.7 Å². The van der Waals surface area contributed by atoms with Crippen LogP contribution >= 0.6 is 11.8 Å². The Balaban J connectivity index is 1.90. The third kappa shape index (κ3) is 3.50.